The molecule has 0 aromatic heterocycles. The topological polar surface area (TPSA) is 355 Å². The van der Waals surface area contributed by atoms with Gasteiger partial charge in [0.25, 0.3) is 0 Å². The number of terminal acetylenes is 2. The van der Waals surface area contributed by atoms with Crippen LogP contribution in [0.2, 0.25) is 0 Å². The summed E-state index contributed by atoms with van der Waals surface area (Å²) in [6.45, 7) is 0.618. The maximum absolute atomic E-state index is 15.0. The van der Waals surface area contributed by atoms with Crippen LogP contribution in [0.15, 0.2) is 0 Å². The fourth-order valence-electron chi connectivity index (χ4n) is 8.20. The lowest BCUT2D eigenvalue weighted by atomic mass is 10.3. The molecule has 100 heavy (non-hydrogen) atoms. The number of hydrogen-bond acceptors (Lipinski definition) is 27. The molecule has 0 spiro atoms. The molecule has 0 unspecified atom stereocenters. The Kier molecular flexibility index (Phi) is 63.6. The average molecular weight is 1440 g/mol. The molecule has 0 aromatic carbocycles. The van der Waals surface area contributed by atoms with Gasteiger partial charge in [0.05, 0.1) is 251 Å². The quantitative estimate of drug-likeness (QED) is 0.0443. The Bertz CT molecular complexity index is 2210. The molecule has 0 heterocycles. The second kappa shape index (κ2) is 67.6. The van der Waals surface area contributed by atoms with Crippen molar-refractivity contribution in [1.82, 2.24) is 39.2 Å². The fourth-order valence-corrected chi connectivity index (χ4v) is 8.20. The molecule has 35 heteroatoms. The van der Waals surface area contributed by atoms with E-state index in [9.17, 15) is 28.8 Å². The molecular weight excluding hydrogens is 1320 g/mol. The number of carbonyl (C=O) groups is 8. The first-order valence-corrected chi connectivity index (χ1v) is 33.2. The molecule has 0 saturated heterocycles. The molecule has 0 bridgehead atoms. The van der Waals surface area contributed by atoms with Crippen molar-refractivity contribution in [2.24, 2.45) is 5.73 Å². The largest absolute Gasteiger partial charge is 0.382 e. The van der Waals surface area contributed by atoms with Crippen LogP contribution in [0.3, 0.4) is 0 Å². The lowest BCUT2D eigenvalue weighted by molar-refractivity contribution is -0.149. The molecule has 0 fully saturated rings. The van der Waals surface area contributed by atoms with Gasteiger partial charge in [-0.15, -0.1) is 12.8 Å². The third-order valence-electron chi connectivity index (χ3n) is 13.7. The van der Waals surface area contributed by atoms with Crippen molar-refractivity contribution in [3.63, 3.8) is 0 Å². The van der Waals surface area contributed by atoms with E-state index in [1.54, 1.807) is 33.3 Å². The van der Waals surface area contributed by atoms with Crippen LogP contribution < -0.4 is 5.73 Å². The van der Waals surface area contributed by atoms with Crippen LogP contribution >= 0.6 is 0 Å². The summed E-state index contributed by atoms with van der Waals surface area (Å²) < 4.78 is 98.3. The monoisotopic (exact) mass is 1440 g/mol. The van der Waals surface area contributed by atoms with E-state index in [2.05, 4.69) is 11.8 Å². The van der Waals surface area contributed by atoms with Gasteiger partial charge in [-0.3, -0.25) is 43.3 Å². The number of carbonyl (C=O) groups excluding carboxylic acids is 8. The lowest BCUT2D eigenvalue weighted by Crippen LogP contribution is -2.53. The number of nitrogens with two attached hydrogens (primary N) is 1. The van der Waals surface area contributed by atoms with Crippen LogP contribution in [0.1, 0.15) is 0 Å². The zero-order valence-corrected chi connectivity index (χ0v) is 60.5. The predicted molar refractivity (Wildman–Crippen MR) is 362 cm³/mol. The summed E-state index contributed by atoms with van der Waals surface area (Å²) in [4.78, 5) is 123. The van der Waals surface area contributed by atoms with Crippen LogP contribution in [-0.2, 0) is 124 Å². The van der Waals surface area contributed by atoms with E-state index in [-0.39, 0.29) is 158 Å². The molecule has 0 aliphatic heterocycles. The number of nitrogens with zero attached hydrogens (tertiary/aromatic N) is 8. The Hall–Kier alpha value is -5.88. The van der Waals surface area contributed by atoms with Gasteiger partial charge in [-0.25, -0.2) is 0 Å². The van der Waals surface area contributed by atoms with Crippen LogP contribution in [0.4, 0.5) is 0 Å². The molecule has 0 aliphatic carbocycles. The molecule has 0 aromatic rings. The minimum absolute atomic E-state index is 0.0226. The molecule has 578 valence electrons. The van der Waals surface area contributed by atoms with Crippen molar-refractivity contribution >= 4 is 47.3 Å². The molecule has 35 nitrogen and oxygen atoms in total. The second-order valence-electron chi connectivity index (χ2n) is 21.5. The van der Waals surface area contributed by atoms with Crippen molar-refractivity contribution in [3.8, 4) is 24.7 Å². The smallest absolute Gasteiger partial charge is 0.243 e. The Labute approximate surface area is 591 Å². The van der Waals surface area contributed by atoms with Crippen molar-refractivity contribution < 1.29 is 124 Å². The first-order valence-electron chi connectivity index (χ1n) is 33.2. The van der Waals surface area contributed by atoms with Gasteiger partial charge in [-0.2, -0.15) is 0 Å². The number of primary amides is 1. The summed E-state index contributed by atoms with van der Waals surface area (Å²) in [6.07, 6.45) is 11.1. The van der Waals surface area contributed by atoms with Gasteiger partial charge in [0.2, 0.25) is 47.3 Å². The van der Waals surface area contributed by atoms with E-state index in [1.807, 2.05) is 0 Å². The number of likely N-dealkylation sites (N-methyl/N-ethyl adjacent to an activating group) is 1. The first-order chi connectivity index (χ1) is 48.6. The van der Waals surface area contributed by atoms with Crippen LogP contribution in [0.25, 0.3) is 0 Å². The number of ether oxygens (including phenoxy) is 18. The van der Waals surface area contributed by atoms with Crippen LogP contribution in [0.5, 0.6) is 0 Å². The van der Waals surface area contributed by atoms with Gasteiger partial charge < -0.3 is 125 Å². The van der Waals surface area contributed by atoms with Gasteiger partial charge in [-0.05, 0) is 7.05 Å². The van der Waals surface area contributed by atoms with Crippen molar-refractivity contribution in [1.29, 1.82) is 0 Å². The summed E-state index contributed by atoms with van der Waals surface area (Å²) in [5.41, 5.74) is 5.37. The third-order valence-corrected chi connectivity index (χ3v) is 13.7. The zero-order valence-electron chi connectivity index (χ0n) is 60.5. The van der Waals surface area contributed by atoms with Crippen LogP contribution in [-0.4, -0.2) is 439 Å². The van der Waals surface area contributed by atoms with Crippen LogP contribution in [0, 0.1) is 24.7 Å². The van der Waals surface area contributed by atoms with Gasteiger partial charge in [0, 0.05) is 81.9 Å². The number of hydrogen-bond donors (Lipinski definition) is 1. The minimum atomic E-state index is -0.855. The molecule has 0 saturated carbocycles. The standard InChI is InChI=1S/C65H117N9O26/c1-10-12-68(50-58(66)75)60(77)52-69(13-11-2)61(78)53-71(16-22-91-40-46-97-34-28-85-6)63(80)55-73(18-24-93-42-48-99-36-30-87-8)65(82)57-74(19-25-94-43-49-100-37-31-88-9)64(81)56-72(17-23-92-41-47-98-35-29-86-7)62(79)54-70(15-21-90-39-45-96-33-27-84-5)59(76)51-67(3)14-20-89-38-44-95-32-26-83-4/h1-2H,12-57H2,3-9H3,(H2,66,75). The summed E-state index contributed by atoms with van der Waals surface area (Å²) in [6, 6.07) is 0. The maximum Gasteiger partial charge on any atom is 0.243 e. The Balaban J connectivity index is 7.51. The number of methoxy groups -OCH3 is 6. The predicted octanol–water partition coefficient (Wildman–Crippen LogP) is -4.45. The Morgan fingerprint density at radius 1 is 0.250 bits per heavy atom. The van der Waals surface area contributed by atoms with E-state index in [4.69, 9.17) is 104 Å². The lowest BCUT2D eigenvalue weighted by Gasteiger charge is -2.32. The van der Waals surface area contributed by atoms with E-state index in [0.29, 0.717) is 92.4 Å². The fraction of sp³-hybridized carbons (Fsp3) is 0.815. The average Bonchev–Trinajstić information content (AvgIpc) is 0.891. The van der Waals surface area contributed by atoms with Gasteiger partial charge >= 0.3 is 0 Å². The second-order valence-corrected chi connectivity index (χ2v) is 21.5. The molecule has 8 amide bonds. The Morgan fingerprint density at radius 2 is 0.420 bits per heavy atom. The van der Waals surface area contributed by atoms with Gasteiger partial charge in [0.1, 0.15) is 13.1 Å². The van der Waals surface area contributed by atoms with Gasteiger partial charge in [0.15, 0.2) is 0 Å². The summed E-state index contributed by atoms with van der Waals surface area (Å²) in [7, 11) is 11.0. The van der Waals surface area contributed by atoms with Crippen molar-refractivity contribution in [2.45, 2.75) is 0 Å². The summed E-state index contributed by atoms with van der Waals surface area (Å²) >= 11 is 0. The summed E-state index contributed by atoms with van der Waals surface area (Å²) in [5.74, 6) is -1.11. The third kappa shape index (κ3) is 53.0. The van der Waals surface area contributed by atoms with E-state index >= 15 is 9.59 Å². The van der Waals surface area contributed by atoms with E-state index in [1.165, 1.54) is 36.0 Å². The highest BCUT2D eigenvalue weighted by Crippen LogP contribution is 2.07. The van der Waals surface area contributed by atoms with E-state index in [0.717, 1.165) is 19.6 Å². The minimum Gasteiger partial charge on any atom is -0.382 e. The van der Waals surface area contributed by atoms with E-state index < -0.39 is 99.6 Å². The number of rotatable bonds is 72. The number of amides is 8. The normalized spacial score (nSPS) is 11.1. The van der Waals surface area contributed by atoms with Gasteiger partial charge in [-0.1, -0.05) is 11.8 Å². The highest BCUT2D eigenvalue weighted by atomic mass is 16.6. The zero-order chi connectivity index (χ0) is 73.9. The maximum atomic E-state index is 15.0. The Morgan fingerprint density at radius 3 is 0.630 bits per heavy atom. The molecule has 0 atom stereocenters. The molecule has 0 aliphatic rings. The molecular formula is C65H117N9O26. The van der Waals surface area contributed by atoms with Crippen molar-refractivity contribution in [2.75, 3.05) is 353 Å². The highest BCUT2D eigenvalue weighted by molar-refractivity contribution is 5.93. The van der Waals surface area contributed by atoms with Crippen molar-refractivity contribution in [3.05, 3.63) is 0 Å². The first kappa shape index (κ1) is 94.1. The highest BCUT2D eigenvalue weighted by Gasteiger charge is 2.31. The molecule has 0 rings (SSSR count). The SMILES string of the molecule is C#CCN(CC(N)=O)C(=O)CN(CC#C)C(=O)CN(CCOCCOCCOC)C(=O)CN(CCOCCOCCOC)C(=O)CN(CCOCCOCCOC)C(=O)CN(CCOCCOCCOC)C(=O)CN(CCOCCOCCOC)C(=O)CN(C)CCOCCOCCOC. The molecule has 0 radical (unpaired) electrons. The summed E-state index contributed by atoms with van der Waals surface area (Å²) in [5, 5.41) is 0. The molecule has 2 N–H and O–H groups in total.